The number of carbonyl (C=O) groups is 1. The van der Waals surface area contributed by atoms with Gasteiger partial charge in [0.05, 0.1) is 11.2 Å². The van der Waals surface area contributed by atoms with Crippen LogP contribution in [0.3, 0.4) is 0 Å². The van der Waals surface area contributed by atoms with Crippen molar-refractivity contribution in [2.75, 3.05) is 19.6 Å². The van der Waals surface area contributed by atoms with Gasteiger partial charge in [-0.2, -0.15) is 0 Å². The van der Waals surface area contributed by atoms with Gasteiger partial charge in [0.2, 0.25) is 5.91 Å². The molecular weight excluding hydrogens is 222 g/mol. The number of rotatable bonds is 7. The molecule has 16 heavy (non-hydrogen) atoms. The molecule has 2 N–H and O–H groups in total. The predicted octanol–water partition coefficient (Wildman–Crippen LogP) is 1.05. The van der Waals surface area contributed by atoms with E-state index in [1.807, 2.05) is 24.7 Å². The van der Waals surface area contributed by atoms with Crippen molar-refractivity contribution in [2.45, 2.75) is 20.3 Å². The van der Waals surface area contributed by atoms with E-state index in [0.29, 0.717) is 6.54 Å². The first-order valence-electron chi connectivity index (χ1n) is 5.59. The van der Waals surface area contributed by atoms with Crippen molar-refractivity contribution in [3.63, 3.8) is 0 Å². The topological polar surface area (TPSA) is 54.0 Å². The lowest BCUT2D eigenvalue weighted by Gasteiger charge is -2.11. The number of carbonyl (C=O) groups excluding carboxylic acids is 1. The third kappa shape index (κ3) is 4.72. The van der Waals surface area contributed by atoms with Gasteiger partial charge < -0.3 is 10.6 Å². The number of nitrogens with one attached hydrogen (secondary N) is 2. The zero-order chi connectivity index (χ0) is 11.8. The summed E-state index contributed by atoms with van der Waals surface area (Å²) in [7, 11) is 0. The fraction of sp³-hybridized carbons (Fsp3) is 0.636. The minimum Gasteiger partial charge on any atom is -0.355 e. The average molecular weight is 241 g/mol. The highest BCUT2D eigenvalue weighted by Crippen LogP contribution is 2.01. The van der Waals surface area contributed by atoms with Crippen molar-refractivity contribution in [3.8, 4) is 0 Å². The molecule has 0 aliphatic heterocycles. The highest BCUT2D eigenvalue weighted by Gasteiger charge is 2.11. The van der Waals surface area contributed by atoms with Crippen molar-refractivity contribution < 1.29 is 4.79 Å². The SMILES string of the molecule is CCNCC(C)C(=O)NCCc1cscn1. The zero-order valence-electron chi connectivity index (χ0n) is 9.82. The predicted molar refractivity (Wildman–Crippen MR) is 66.5 cm³/mol. The van der Waals surface area contributed by atoms with Gasteiger partial charge in [-0.05, 0) is 6.54 Å². The van der Waals surface area contributed by atoms with Crippen LogP contribution in [0.25, 0.3) is 0 Å². The Morgan fingerprint density at radius 3 is 3.06 bits per heavy atom. The number of aromatic nitrogens is 1. The first-order valence-corrected chi connectivity index (χ1v) is 6.53. The molecule has 1 atom stereocenters. The lowest BCUT2D eigenvalue weighted by atomic mass is 10.1. The van der Waals surface area contributed by atoms with Crippen LogP contribution in [0.1, 0.15) is 19.5 Å². The lowest BCUT2D eigenvalue weighted by molar-refractivity contribution is -0.124. The Bertz CT molecular complexity index is 300. The van der Waals surface area contributed by atoms with Crippen LogP contribution in [-0.4, -0.2) is 30.5 Å². The quantitative estimate of drug-likeness (QED) is 0.750. The maximum Gasteiger partial charge on any atom is 0.224 e. The summed E-state index contributed by atoms with van der Waals surface area (Å²) in [4.78, 5) is 15.8. The van der Waals surface area contributed by atoms with E-state index in [2.05, 4.69) is 15.6 Å². The van der Waals surface area contributed by atoms with Gasteiger partial charge >= 0.3 is 0 Å². The largest absolute Gasteiger partial charge is 0.355 e. The fourth-order valence-corrected chi connectivity index (χ4v) is 1.90. The second-order valence-corrected chi connectivity index (χ2v) is 4.45. The lowest BCUT2D eigenvalue weighted by Crippen LogP contribution is -2.36. The van der Waals surface area contributed by atoms with Crippen LogP contribution < -0.4 is 10.6 Å². The Balaban J connectivity index is 2.14. The number of nitrogens with zero attached hydrogens (tertiary/aromatic N) is 1. The van der Waals surface area contributed by atoms with Crippen LogP contribution in [-0.2, 0) is 11.2 Å². The Morgan fingerprint density at radius 1 is 1.62 bits per heavy atom. The fourth-order valence-electron chi connectivity index (χ4n) is 1.30. The van der Waals surface area contributed by atoms with Crippen LogP contribution in [0.2, 0.25) is 0 Å². The third-order valence-electron chi connectivity index (χ3n) is 2.31. The minimum atomic E-state index is 0.0235. The molecule has 90 valence electrons. The molecule has 1 heterocycles. The van der Waals surface area contributed by atoms with Crippen molar-refractivity contribution in [3.05, 3.63) is 16.6 Å². The smallest absolute Gasteiger partial charge is 0.224 e. The van der Waals surface area contributed by atoms with Gasteiger partial charge in [0.25, 0.3) is 0 Å². The zero-order valence-corrected chi connectivity index (χ0v) is 10.6. The van der Waals surface area contributed by atoms with Gasteiger partial charge in [0, 0.05) is 30.8 Å². The summed E-state index contributed by atoms with van der Waals surface area (Å²) in [5.41, 5.74) is 2.86. The van der Waals surface area contributed by atoms with Crippen LogP contribution in [0, 0.1) is 5.92 Å². The Hall–Kier alpha value is -0.940. The molecule has 1 aromatic rings. The van der Waals surface area contributed by atoms with E-state index in [4.69, 9.17) is 0 Å². The molecule has 1 amide bonds. The maximum absolute atomic E-state index is 11.6. The van der Waals surface area contributed by atoms with Crippen molar-refractivity contribution in [1.29, 1.82) is 0 Å². The van der Waals surface area contributed by atoms with E-state index in [1.165, 1.54) is 0 Å². The number of hydrogen-bond donors (Lipinski definition) is 2. The number of amides is 1. The van der Waals surface area contributed by atoms with E-state index in [-0.39, 0.29) is 11.8 Å². The molecule has 5 heteroatoms. The second-order valence-electron chi connectivity index (χ2n) is 3.73. The van der Waals surface area contributed by atoms with E-state index in [0.717, 1.165) is 25.2 Å². The van der Waals surface area contributed by atoms with E-state index in [9.17, 15) is 4.79 Å². The van der Waals surface area contributed by atoms with Crippen molar-refractivity contribution in [1.82, 2.24) is 15.6 Å². The molecule has 1 aromatic heterocycles. The molecule has 0 saturated carbocycles. The molecule has 4 nitrogen and oxygen atoms in total. The molecule has 0 bridgehead atoms. The van der Waals surface area contributed by atoms with Gasteiger partial charge in [-0.25, -0.2) is 4.98 Å². The molecule has 1 rings (SSSR count). The standard InChI is InChI=1S/C11H19N3OS/c1-3-12-6-9(2)11(15)13-5-4-10-7-16-8-14-10/h7-9,12H,3-6H2,1-2H3,(H,13,15). The monoisotopic (exact) mass is 241 g/mol. The maximum atomic E-state index is 11.6. The van der Waals surface area contributed by atoms with E-state index in [1.54, 1.807) is 11.3 Å². The van der Waals surface area contributed by atoms with Crippen molar-refractivity contribution >= 4 is 17.2 Å². The first kappa shape index (κ1) is 13.1. The molecule has 0 fully saturated rings. The Labute approximate surface area is 100 Å². The summed E-state index contributed by atoms with van der Waals surface area (Å²) in [6.07, 6.45) is 0.809. The number of thiazole rings is 1. The molecular formula is C11H19N3OS. The second kappa shape index (κ2) is 7.35. The van der Waals surface area contributed by atoms with E-state index < -0.39 is 0 Å². The molecule has 0 aliphatic carbocycles. The molecule has 1 unspecified atom stereocenters. The summed E-state index contributed by atoms with van der Waals surface area (Å²) in [6.45, 7) is 6.27. The summed E-state index contributed by atoms with van der Waals surface area (Å²) < 4.78 is 0. The molecule has 0 aromatic carbocycles. The van der Waals surface area contributed by atoms with Gasteiger partial charge in [-0.3, -0.25) is 4.79 Å². The highest BCUT2D eigenvalue weighted by molar-refractivity contribution is 7.07. The summed E-state index contributed by atoms with van der Waals surface area (Å²) in [6, 6.07) is 0. The molecule has 0 radical (unpaired) electrons. The summed E-state index contributed by atoms with van der Waals surface area (Å²) in [5, 5.41) is 8.08. The van der Waals surface area contributed by atoms with Gasteiger partial charge in [-0.1, -0.05) is 13.8 Å². The Morgan fingerprint density at radius 2 is 2.44 bits per heavy atom. The van der Waals surface area contributed by atoms with Gasteiger partial charge in [0.15, 0.2) is 0 Å². The van der Waals surface area contributed by atoms with E-state index >= 15 is 0 Å². The molecule has 0 spiro atoms. The van der Waals surface area contributed by atoms with Gasteiger partial charge in [-0.15, -0.1) is 11.3 Å². The van der Waals surface area contributed by atoms with Crippen LogP contribution in [0.5, 0.6) is 0 Å². The highest BCUT2D eigenvalue weighted by atomic mass is 32.1. The van der Waals surface area contributed by atoms with Crippen LogP contribution >= 0.6 is 11.3 Å². The third-order valence-corrected chi connectivity index (χ3v) is 2.95. The van der Waals surface area contributed by atoms with Gasteiger partial charge in [0.1, 0.15) is 0 Å². The summed E-state index contributed by atoms with van der Waals surface area (Å²) in [5.74, 6) is 0.131. The summed E-state index contributed by atoms with van der Waals surface area (Å²) >= 11 is 1.58. The van der Waals surface area contributed by atoms with Crippen LogP contribution in [0.4, 0.5) is 0 Å². The molecule has 0 saturated heterocycles. The first-order chi connectivity index (χ1) is 7.74. The normalized spacial score (nSPS) is 12.4. The van der Waals surface area contributed by atoms with Crippen LogP contribution in [0.15, 0.2) is 10.9 Å². The van der Waals surface area contributed by atoms with Crippen molar-refractivity contribution in [2.24, 2.45) is 5.92 Å². The minimum absolute atomic E-state index is 0.0235. The Kier molecular flexibility index (Phi) is 6.03. The average Bonchev–Trinajstić information content (AvgIpc) is 2.78. The molecule has 0 aliphatic rings. The number of hydrogen-bond acceptors (Lipinski definition) is 4.